The molecule has 5 nitrogen and oxygen atoms in total. The van der Waals surface area contributed by atoms with Gasteiger partial charge < -0.3 is 4.74 Å². The number of hydrogen-bond donors (Lipinski definition) is 1. The Kier molecular flexibility index (Phi) is 4.16. The summed E-state index contributed by atoms with van der Waals surface area (Å²) in [6.07, 6.45) is 0. The number of aromatic amines is 1. The van der Waals surface area contributed by atoms with Gasteiger partial charge in [-0.1, -0.05) is 60.7 Å². The molecule has 1 N–H and O–H groups in total. The number of H-pyrrole nitrogens is 1. The van der Waals surface area contributed by atoms with Crippen LogP contribution in [0, 0.1) is 11.3 Å². The third-order valence-corrected chi connectivity index (χ3v) is 3.28. The maximum atomic E-state index is 12.1. The summed E-state index contributed by atoms with van der Waals surface area (Å²) in [4.78, 5) is 18.9. The predicted octanol–water partition coefficient (Wildman–Crippen LogP) is 2.89. The maximum Gasteiger partial charge on any atom is 0.297 e. The zero-order valence-corrected chi connectivity index (χ0v) is 12.2. The van der Waals surface area contributed by atoms with Gasteiger partial charge in [0.15, 0.2) is 0 Å². The number of hydrogen-bond acceptors (Lipinski definition) is 4. The molecule has 0 aliphatic heterocycles. The molecule has 0 spiro atoms. The molecule has 0 bridgehead atoms. The van der Waals surface area contributed by atoms with Crippen LogP contribution in [-0.2, 0) is 6.61 Å². The summed E-state index contributed by atoms with van der Waals surface area (Å²) in [5.41, 5.74) is 1.44. The second kappa shape index (κ2) is 6.58. The molecule has 2 aromatic carbocycles. The molecule has 1 heterocycles. The molecule has 3 aromatic rings. The minimum atomic E-state index is -0.510. The Morgan fingerprint density at radius 2 is 1.70 bits per heavy atom. The lowest BCUT2D eigenvalue weighted by Gasteiger charge is -2.08. The van der Waals surface area contributed by atoms with Gasteiger partial charge >= 0.3 is 0 Å². The smallest absolute Gasteiger partial charge is 0.297 e. The Labute approximate surface area is 132 Å². The molecule has 0 amide bonds. The van der Waals surface area contributed by atoms with E-state index in [1.807, 2.05) is 54.6 Å². The Hall–Kier alpha value is -3.39. The second-order valence-electron chi connectivity index (χ2n) is 4.85. The van der Waals surface area contributed by atoms with E-state index < -0.39 is 5.56 Å². The van der Waals surface area contributed by atoms with E-state index in [9.17, 15) is 10.1 Å². The average Bonchev–Trinajstić information content (AvgIpc) is 2.61. The Morgan fingerprint density at radius 3 is 2.35 bits per heavy atom. The molecular formula is C18H13N3O2. The first-order chi connectivity index (χ1) is 11.3. The number of rotatable bonds is 4. The lowest BCUT2D eigenvalue weighted by molar-refractivity contribution is 0.280. The first kappa shape index (κ1) is 14.5. The van der Waals surface area contributed by atoms with Gasteiger partial charge in [-0.15, -0.1) is 0 Å². The average molecular weight is 303 g/mol. The van der Waals surface area contributed by atoms with Gasteiger partial charge in [-0.3, -0.25) is 9.78 Å². The molecule has 0 fully saturated rings. The molecule has 1 aromatic heterocycles. The lowest BCUT2D eigenvalue weighted by Crippen LogP contribution is -2.15. The van der Waals surface area contributed by atoms with Crippen LogP contribution in [0.15, 0.2) is 65.5 Å². The van der Waals surface area contributed by atoms with Crippen molar-refractivity contribution < 1.29 is 4.74 Å². The normalized spacial score (nSPS) is 10.0. The van der Waals surface area contributed by atoms with Gasteiger partial charge in [0.25, 0.3) is 11.6 Å². The predicted molar refractivity (Wildman–Crippen MR) is 85.8 cm³/mol. The largest absolute Gasteiger partial charge is 0.460 e. The highest BCUT2D eigenvalue weighted by atomic mass is 16.5. The van der Waals surface area contributed by atoms with E-state index in [2.05, 4.69) is 9.97 Å². The van der Waals surface area contributed by atoms with Crippen LogP contribution < -0.4 is 10.3 Å². The van der Waals surface area contributed by atoms with Gasteiger partial charge in [-0.05, 0) is 5.56 Å². The lowest BCUT2D eigenvalue weighted by atomic mass is 10.1. The van der Waals surface area contributed by atoms with Crippen LogP contribution in [0.2, 0.25) is 0 Å². The SMILES string of the molecule is N#Cc1c(-c2ccccc2)nc(OCc2ccccc2)[nH]c1=O. The highest BCUT2D eigenvalue weighted by Gasteiger charge is 2.13. The molecule has 3 rings (SSSR count). The number of nitriles is 1. The maximum absolute atomic E-state index is 12.1. The van der Waals surface area contributed by atoms with Gasteiger partial charge in [0, 0.05) is 5.56 Å². The Morgan fingerprint density at radius 1 is 1.04 bits per heavy atom. The summed E-state index contributed by atoms with van der Waals surface area (Å²) in [6, 6.07) is 20.6. The fraction of sp³-hybridized carbons (Fsp3) is 0.0556. The quantitative estimate of drug-likeness (QED) is 0.803. The molecule has 112 valence electrons. The third-order valence-electron chi connectivity index (χ3n) is 3.28. The molecule has 0 unspecified atom stereocenters. The summed E-state index contributed by atoms with van der Waals surface area (Å²) in [6.45, 7) is 0.282. The van der Waals surface area contributed by atoms with Crippen molar-refractivity contribution in [3.63, 3.8) is 0 Å². The van der Waals surface area contributed by atoms with Gasteiger partial charge in [-0.25, -0.2) is 0 Å². The van der Waals surface area contributed by atoms with Crippen molar-refractivity contribution in [2.75, 3.05) is 0 Å². The van der Waals surface area contributed by atoms with Gasteiger partial charge in [0.1, 0.15) is 18.2 Å². The van der Waals surface area contributed by atoms with E-state index in [-0.39, 0.29) is 18.2 Å². The van der Waals surface area contributed by atoms with Crippen molar-refractivity contribution in [3.05, 3.63) is 82.1 Å². The van der Waals surface area contributed by atoms with Gasteiger partial charge in [0.05, 0.1) is 5.69 Å². The first-order valence-corrected chi connectivity index (χ1v) is 7.04. The van der Waals surface area contributed by atoms with Crippen LogP contribution in [0.4, 0.5) is 0 Å². The summed E-state index contributed by atoms with van der Waals surface area (Å²) in [7, 11) is 0. The fourth-order valence-electron chi connectivity index (χ4n) is 2.16. The van der Waals surface area contributed by atoms with Crippen LogP contribution in [0.25, 0.3) is 11.3 Å². The van der Waals surface area contributed by atoms with Crippen LogP contribution in [0.3, 0.4) is 0 Å². The first-order valence-electron chi connectivity index (χ1n) is 7.04. The number of benzene rings is 2. The van der Waals surface area contributed by atoms with E-state index in [0.717, 1.165) is 5.56 Å². The zero-order chi connectivity index (χ0) is 16.1. The topological polar surface area (TPSA) is 78.8 Å². The van der Waals surface area contributed by atoms with Crippen LogP contribution in [0.1, 0.15) is 11.1 Å². The van der Waals surface area contributed by atoms with Crippen LogP contribution in [0.5, 0.6) is 6.01 Å². The summed E-state index contributed by atoms with van der Waals surface area (Å²) < 4.78 is 5.56. The number of nitrogens with one attached hydrogen (secondary N) is 1. The van der Waals surface area contributed by atoms with Crippen LogP contribution >= 0.6 is 0 Å². The van der Waals surface area contributed by atoms with Crippen molar-refractivity contribution in [2.24, 2.45) is 0 Å². The molecule has 0 aliphatic carbocycles. The van der Waals surface area contributed by atoms with Gasteiger partial charge in [-0.2, -0.15) is 10.2 Å². The summed E-state index contributed by atoms with van der Waals surface area (Å²) in [5, 5.41) is 9.21. The Balaban J connectivity index is 1.95. The van der Waals surface area contributed by atoms with Crippen molar-refractivity contribution in [2.45, 2.75) is 6.61 Å². The van der Waals surface area contributed by atoms with Crippen LogP contribution in [-0.4, -0.2) is 9.97 Å². The molecular weight excluding hydrogens is 290 g/mol. The third kappa shape index (κ3) is 3.27. The zero-order valence-electron chi connectivity index (χ0n) is 12.2. The summed E-state index contributed by atoms with van der Waals surface area (Å²) >= 11 is 0. The molecule has 0 saturated heterocycles. The number of aromatic nitrogens is 2. The molecule has 0 saturated carbocycles. The van der Waals surface area contributed by atoms with E-state index in [1.165, 1.54) is 0 Å². The molecule has 0 radical (unpaired) electrons. The highest BCUT2D eigenvalue weighted by Crippen LogP contribution is 2.20. The van der Waals surface area contributed by atoms with E-state index >= 15 is 0 Å². The van der Waals surface area contributed by atoms with Crippen molar-refractivity contribution in [1.82, 2.24) is 9.97 Å². The number of nitrogens with zero attached hydrogens (tertiary/aromatic N) is 2. The standard InChI is InChI=1S/C18H13N3O2/c19-11-15-16(14-9-5-2-6-10-14)20-18(21-17(15)22)23-12-13-7-3-1-4-8-13/h1-10H,12H2,(H,20,21,22). The van der Waals surface area contributed by atoms with Gasteiger partial charge in [0.2, 0.25) is 0 Å². The molecule has 23 heavy (non-hydrogen) atoms. The van der Waals surface area contributed by atoms with Crippen molar-refractivity contribution in [3.8, 4) is 23.3 Å². The minimum Gasteiger partial charge on any atom is -0.460 e. The number of ether oxygens (including phenoxy) is 1. The van der Waals surface area contributed by atoms with E-state index in [0.29, 0.717) is 11.3 Å². The summed E-state index contributed by atoms with van der Waals surface area (Å²) in [5.74, 6) is 0. The highest BCUT2D eigenvalue weighted by molar-refractivity contribution is 5.65. The van der Waals surface area contributed by atoms with Crippen molar-refractivity contribution in [1.29, 1.82) is 5.26 Å². The molecule has 0 aliphatic rings. The fourth-order valence-corrected chi connectivity index (χ4v) is 2.16. The Bertz CT molecular complexity index is 897. The minimum absolute atomic E-state index is 0.0248. The van der Waals surface area contributed by atoms with Crippen molar-refractivity contribution >= 4 is 0 Å². The molecule has 0 atom stereocenters. The van der Waals surface area contributed by atoms with E-state index in [4.69, 9.17) is 4.74 Å². The molecule has 5 heteroatoms. The monoisotopic (exact) mass is 303 g/mol. The van der Waals surface area contributed by atoms with E-state index in [1.54, 1.807) is 12.1 Å². The second-order valence-corrected chi connectivity index (χ2v) is 4.85.